The van der Waals surface area contributed by atoms with Crippen molar-refractivity contribution in [2.75, 3.05) is 0 Å². The number of hydrogen-bond acceptors (Lipinski definition) is 7. The highest BCUT2D eigenvalue weighted by molar-refractivity contribution is 6.30. The van der Waals surface area contributed by atoms with Crippen LogP contribution in [0.1, 0.15) is 81.7 Å². The molecule has 8 heteroatoms. The quantitative estimate of drug-likeness (QED) is 0.451. The van der Waals surface area contributed by atoms with Gasteiger partial charge in [0.2, 0.25) is 5.78 Å². The molecule has 0 atom stereocenters. The maximum absolute atomic E-state index is 13.4. The number of benzene rings is 2. The summed E-state index contributed by atoms with van der Waals surface area (Å²) in [5.74, 6) is -4.28. The molecule has 0 heterocycles. The van der Waals surface area contributed by atoms with Gasteiger partial charge in [0.1, 0.15) is 11.5 Å². The fraction of sp³-hybridized carbons (Fsp3) is 0.261. The summed E-state index contributed by atoms with van der Waals surface area (Å²) in [5.41, 5.74) is -0.860. The summed E-state index contributed by atoms with van der Waals surface area (Å²) >= 11 is 0. The number of esters is 2. The van der Waals surface area contributed by atoms with Crippen molar-refractivity contribution in [3.8, 4) is 11.5 Å². The number of carbonyl (C=O) groups excluding carboxylic acids is 4. The van der Waals surface area contributed by atoms with Gasteiger partial charge in [0.05, 0.1) is 16.7 Å². The maximum Gasteiger partial charge on any atom is 0.335 e. The molecule has 8 nitrogen and oxygen atoms in total. The molecule has 0 fully saturated rings. The molecule has 0 saturated carbocycles. The topological polar surface area (TPSA) is 124 Å². The van der Waals surface area contributed by atoms with E-state index in [9.17, 15) is 29.1 Å². The molecule has 1 N–H and O–H groups in total. The molecule has 3 rings (SSSR count). The standard InChI is InChI=1S/C23H20O8/c1-3-6-17(24)30-15-9-5-8-13-19(15)22(27)20-14(21(13)26)10-12(23(28)29)11-16(20)31-18(25)7-4-2/h5,8-11H,3-4,6-7H2,1-2H3,(H,28,29). The van der Waals surface area contributed by atoms with Gasteiger partial charge in [0.15, 0.2) is 5.78 Å². The minimum absolute atomic E-state index is 0.0207. The van der Waals surface area contributed by atoms with Crippen molar-refractivity contribution in [3.05, 3.63) is 58.1 Å². The largest absolute Gasteiger partial charge is 0.478 e. The fourth-order valence-electron chi connectivity index (χ4n) is 3.30. The highest BCUT2D eigenvalue weighted by Gasteiger charge is 2.36. The van der Waals surface area contributed by atoms with Crippen molar-refractivity contribution >= 4 is 29.5 Å². The Hall–Kier alpha value is -3.81. The average Bonchev–Trinajstić information content (AvgIpc) is 2.71. The summed E-state index contributed by atoms with van der Waals surface area (Å²) in [6.45, 7) is 3.55. The lowest BCUT2D eigenvalue weighted by Crippen LogP contribution is -2.25. The van der Waals surface area contributed by atoms with Gasteiger partial charge in [0, 0.05) is 24.0 Å². The second-order valence-electron chi connectivity index (χ2n) is 6.99. The molecule has 160 valence electrons. The van der Waals surface area contributed by atoms with Crippen LogP contribution < -0.4 is 9.47 Å². The summed E-state index contributed by atoms with van der Waals surface area (Å²) in [4.78, 5) is 62.1. The van der Waals surface area contributed by atoms with Gasteiger partial charge in [-0.2, -0.15) is 0 Å². The molecule has 2 aromatic carbocycles. The van der Waals surface area contributed by atoms with Crippen LogP contribution in [0.4, 0.5) is 0 Å². The minimum Gasteiger partial charge on any atom is -0.478 e. The van der Waals surface area contributed by atoms with Crippen LogP contribution in [0.5, 0.6) is 11.5 Å². The number of rotatable bonds is 7. The third-order valence-corrected chi connectivity index (χ3v) is 4.67. The molecule has 0 bridgehead atoms. The van der Waals surface area contributed by atoms with E-state index in [0.29, 0.717) is 12.8 Å². The van der Waals surface area contributed by atoms with E-state index in [2.05, 4.69) is 0 Å². The lowest BCUT2D eigenvalue weighted by Gasteiger charge is -2.22. The first-order chi connectivity index (χ1) is 14.8. The molecule has 0 radical (unpaired) electrons. The number of hydrogen-bond donors (Lipinski definition) is 1. The molecule has 1 aliphatic carbocycles. The first-order valence-corrected chi connectivity index (χ1v) is 9.83. The van der Waals surface area contributed by atoms with E-state index in [0.717, 1.165) is 12.1 Å². The number of ether oxygens (including phenoxy) is 2. The van der Waals surface area contributed by atoms with E-state index in [4.69, 9.17) is 9.47 Å². The van der Waals surface area contributed by atoms with E-state index >= 15 is 0 Å². The number of carboxylic acid groups (broad SMARTS) is 1. The van der Waals surface area contributed by atoms with Crippen LogP contribution in [-0.4, -0.2) is 34.6 Å². The second kappa shape index (κ2) is 8.91. The van der Waals surface area contributed by atoms with Crippen molar-refractivity contribution in [1.29, 1.82) is 0 Å². The van der Waals surface area contributed by atoms with E-state index < -0.39 is 29.5 Å². The molecule has 0 amide bonds. The first kappa shape index (κ1) is 21.9. The predicted molar refractivity (Wildman–Crippen MR) is 108 cm³/mol. The Morgan fingerprint density at radius 1 is 0.806 bits per heavy atom. The van der Waals surface area contributed by atoms with Crippen molar-refractivity contribution in [2.24, 2.45) is 0 Å². The molecule has 1 aliphatic rings. The smallest absolute Gasteiger partial charge is 0.335 e. The van der Waals surface area contributed by atoms with E-state index in [-0.39, 0.29) is 52.2 Å². The molecule has 2 aromatic rings. The average molecular weight is 424 g/mol. The van der Waals surface area contributed by atoms with Gasteiger partial charge in [-0.05, 0) is 31.0 Å². The molecule has 31 heavy (non-hydrogen) atoms. The van der Waals surface area contributed by atoms with E-state index in [1.165, 1.54) is 18.2 Å². The number of carboxylic acids is 1. The Balaban J connectivity index is 2.18. The number of carbonyl (C=O) groups is 5. The lowest BCUT2D eigenvalue weighted by molar-refractivity contribution is -0.135. The van der Waals surface area contributed by atoms with Crippen LogP contribution in [0, 0.1) is 0 Å². The van der Waals surface area contributed by atoms with Crippen LogP contribution in [0.25, 0.3) is 0 Å². The van der Waals surface area contributed by atoms with E-state index in [1.807, 2.05) is 0 Å². The summed E-state index contributed by atoms with van der Waals surface area (Å²) in [6.07, 6.45) is 1.20. The van der Waals surface area contributed by atoms with Gasteiger partial charge in [0.25, 0.3) is 0 Å². The normalized spacial score (nSPS) is 12.1. The van der Waals surface area contributed by atoms with Crippen molar-refractivity contribution in [3.63, 3.8) is 0 Å². The Kier molecular flexibility index (Phi) is 6.29. The SMILES string of the molecule is CCCC(=O)Oc1cccc2c1C(=O)c1c(OC(=O)CCC)cc(C(=O)O)cc1C2=O. The molecule has 0 saturated heterocycles. The Labute approximate surface area is 177 Å². The van der Waals surface area contributed by atoms with Crippen LogP contribution in [-0.2, 0) is 9.59 Å². The number of aromatic carboxylic acids is 1. The molecular weight excluding hydrogens is 404 g/mol. The van der Waals surface area contributed by atoms with Gasteiger partial charge in [-0.25, -0.2) is 4.79 Å². The van der Waals surface area contributed by atoms with Gasteiger partial charge < -0.3 is 14.6 Å². The predicted octanol–water partition coefficient (Wildman–Crippen LogP) is 3.57. The summed E-state index contributed by atoms with van der Waals surface area (Å²) in [7, 11) is 0. The summed E-state index contributed by atoms with van der Waals surface area (Å²) in [5, 5.41) is 9.40. The minimum atomic E-state index is -1.34. The molecule has 0 unspecified atom stereocenters. The van der Waals surface area contributed by atoms with E-state index in [1.54, 1.807) is 13.8 Å². The Morgan fingerprint density at radius 2 is 1.39 bits per heavy atom. The van der Waals surface area contributed by atoms with Crippen molar-refractivity contribution in [1.82, 2.24) is 0 Å². The molecule has 0 spiro atoms. The second-order valence-corrected chi connectivity index (χ2v) is 6.99. The maximum atomic E-state index is 13.4. The Bertz CT molecular complexity index is 1110. The first-order valence-electron chi connectivity index (χ1n) is 9.83. The van der Waals surface area contributed by atoms with Crippen LogP contribution in [0.2, 0.25) is 0 Å². The third kappa shape index (κ3) is 4.23. The Morgan fingerprint density at radius 3 is 1.97 bits per heavy atom. The summed E-state index contributed by atoms with van der Waals surface area (Å²) < 4.78 is 10.5. The monoisotopic (exact) mass is 424 g/mol. The van der Waals surface area contributed by atoms with Crippen LogP contribution in [0.15, 0.2) is 30.3 Å². The molecule has 0 aromatic heterocycles. The summed E-state index contributed by atoms with van der Waals surface area (Å²) in [6, 6.07) is 6.37. The molecule has 0 aliphatic heterocycles. The molecular formula is C23H20O8. The third-order valence-electron chi connectivity index (χ3n) is 4.67. The van der Waals surface area contributed by atoms with Crippen molar-refractivity contribution < 1.29 is 38.6 Å². The zero-order chi connectivity index (χ0) is 22.7. The van der Waals surface area contributed by atoms with Gasteiger partial charge in [-0.3, -0.25) is 19.2 Å². The van der Waals surface area contributed by atoms with Gasteiger partial charge in [-0.1, -0.05) is 26.0 Å². The zero-order valence-corrected chi connectivity index (χ0v) is 17.0. The zero-order valence-electron chi connectivity index (χ0n) is 17.0. The van der Waals surface area contributed by atoms with Crippen LogP contribution >= 0.6 is 0 Å². The van der Waals surface area contributed by atoms with Gasteiger partial charge >= 0.3 is 17.9 Å². The highest BCUT2D eigenvalue weighted by Crippen LogP contribution is 2.38. The number of ketones is 2. The van der Waals surface area contributed by atoms with Gasteiger partial charge in [-0.15, -0.1) is 0 Å². The fourth-order valence-corrected chi connectivity index (χ4v) is 3.30. The van der Waals surface area contributed by atoms with Crippen LogP contribution in [0.3, 0.4) is 0 Å². The number of fused-ring (bicyclic) bond motifs is 2. The van der Waals surface area contributed by atoms with Crippen molar-refractivity contribution in [2.45, 2.75) is 39.5 Å². The highest BCUT2D eigenvalue weighted by atomic mass is 16.5. The lowest BCUT2D eigenvalue weighted by atomic mass is 9.82.